The summed E-state index contributed by atoms with van der Waals surface area (Å²) in [5, 5.41) is 0. The van der Waals surface area contributed by atoms with Gasteiger partial charge in [0, 0.05) is 6.42 Å². The average molecular weight is 168 g/mol. The maximum Gasteiger partial charge on any atom is 0.155 e. The van der Waals surface area contributed by atoms with E-state index in [1.807, 2.05) is 13.0 Å². The molecule has 0 radical (unpaired) electrons. The minimum absolute atomic E-state index is 0.275. The summed E-state index contributed by atoms with van der Waals surface area (Å²) in [4.78, 5) is 11.1. The Bertz CT molecular complexity index is 145. The lowest BCUT2D eigenvalue weighted by atomic mass is 10.0. The molecule has 1 nitrogen and oxygen atoms in total. The lowest BCUT2D eigenvalue weighted by Gasteiger charge is -2.01. The SMILES string of the molecule is CC/C=C\C(=O)CCCC(C)C. The Morgan fingerprint density at radius 2 is 2.08 bits per heavy atom. The normalized spacial score (nSPS) is 11.3. The topological polar surface area (TPSA) is 17.1 Å². The van der Waals surface area contributed by atoms with Crippen molar-refractivity contribution in [3.8, 4) is 0 Å². The van der Waals surface area contributed by atoms with Crippen LogP contribution in [0.15, 0.2) is 12.2 Å². The van der Waals surface area contributed by atoms with Gasteiger partial charge in [0.2, 0.25) is 0 Å². The van der Waals surface area contributed by atoms with E-state index >= 15 is 0 Å². The van der Waals surface area contributed by atoms with Crippen LogP contribution in [0.3, 0.4) is 0 Å². The summed E-state index contributed by atoms with van der Waals surface area (Å²) in [7, 11) is 0. The molecule has 0 unspecified atom stereocenters. The molecule has 1 heteroatoms. The van der Waals surface area contributed by atoms with Crippen LogP contribution in [0, 0.1) is 5.92 Å². The van der Waals surface area contributed by atoms with Gasteiger partial charge in [-0.05, 0) is 24.8 Å². The van der Waals surface area contributed by atoms with Crippen LogP contribution in [0.1, 0.15) is 46.5 Å². The number of rotatable bonds is 6. The van der Waals surface area contributed by atoms with Crippen LogP contribution in [0.4, 0.5) is 0 Å². The first-order chi connectivity index (χ1) is 5.66. The van der Waals surface area contributed by atoms with Gasteiger partial charge < -0.3 is 0 Å². The van der Waals surface area contributed by atoms with E-state index in [1.54, 1.807) is 6.08 Å². The summed E-state index contributed by atoms with van der Waals surface area (Å²) in [5.41, 5.74) is 0. The second-order valence-corrected chi connectivity index (χ2v) is 3.56. The molecule has 12 heavy (non-hydrogen) atoms. The molecule has 0 bridgehead atoms. The predicted octanol–water partition coefficient (Wildman–Crippen LogP) is 3.35. The number of ketones is 1. The van der Waals surface area contributed by atoms with Crippen LogP contribution < -0.4 is 0 Å². The largest absolute Gasteiger partial charge is 0.295 e. The summed E-state index contributed by atoms with van der Waals surface area (Å²) in [6.45, 7) is 6.41. The fourth-order valence-corrected chi connectivity index (χ4v) is 1.02. The molecular weight excluding hydrogens is 148 g/mol. The summed E-state index contributed by atoms with van der Waals surface area (Å²) >= 11 is 0. The van der Waals surface area contributed by atoms with E-state index in [9.17, 15) is 4.79 Å². The van der Waals surface area contributed by atoms with Gasteiger partial charge >= 0.3 is 0 Å². The first kappa shape index (κ1) is 11.4. The quantitative estimate of drug-likeness (QED) is 0.556. The van der Waals surface area contributed by atoms with Gasteiger partial charge in [-0.2, -0.15) is 0 Å². The van der Waals surface area contributed by atoms with Crippen LogP contribution in [-0.4, -0.2) is 5.78 Å². The molecule has 0 saturated carbocycles. The molecule has 0 saturated heterocycles. The number of carbonyl (C=O) groups is 1. The Morgan fingerprint density at radius 1 is 1.42 bits per heavy atom. The highest BCUT2D eigenvalue weighted by molar-refractivity contribution is 5.89. The number of hydrogen-bond donors (Lipinski definition) is 0. The van der Waals surface area contributed by atoms with Gasteiger partial charge in [0.05, 0.1) is 0 Å². The van der Waals surface area contributed by atoms with Gasteiger partial charge in [-0.25, -0.2) is 0 Å². The molecule has 0 aromatic carbocycles. The van der Waals surface area contributed by atoms with Crippen LogP contribution in [0.5, 0.6) is 0 Å². The van der Waals surface area contributed by atoms with Gasteiger partial charge in [-0.15, -0.1) is 0 Å². The van der Waals surface area contributed by atoms with Crippen molar-refractivity contribution in [2.75, 3.05) is 0 Å². The van der Waals surface area contributed by atoms with Crippen molar-refractivity contribution in [1.29, 1.82) is 0 Å². The molecule has 0 aliphatic heterocycles. The first-order valence-corrected chi connectivity index (χ1v) is 4.86. The maximum atomic E-state index is 11.1. The van der Waals surface area contributed by atoms with E-state index in [2.05, 4.69) is 13.8 Å². The molecule has 0 N–H and O–H groups in total. The molecule has 0 aromatic heterocycles. The molecule has 0 spiro atoms. The highest BCUT2D eigenvalue weighted by atomic mass is 16.1. The van der Waals surface area contributed by atoms with Crippen LogP contribution in [0.25, 0.3) is 0 Å². The minimum Gasteiger partial charge on any atom is -0.295 e. The van der Waals surface area contributed by atoms with Crippen LogP contribution in [-0.2, 0) is 4.79 Å². The third-order valence-electron chi connectivity index (χ3n) is 1.74. The van der Waals surface area contributed by atoms with Crippen molar-refractivity contribution in [3.05, 3.63) is 12.2 Å². The monoisotopic (exact) mass is 168 g/mol. The third-order valence-corrected chi connectivity index (χ3v) is 1.74. The predicted molar refractivity (Wildman–Crippen MR) is 53.1 cm³/mol. The van der Waals surface area contributed by atoms with Gasteiger partial charge in [-0.1, -0.05) is 33.3 Å². The molecule has 0 aliphatic carbocycles. The molecule has 0 fully saturated rings. The zero-order valence-electron chi connectivity index (χ0n) is 8.47. The Hall–Kier alpha value is -0.590. The molecule has 0 aliphatic rings. The average Bonchev–Trinajstić information content (AvgIpc) is 2.00. The van der Waals surface area contributed by atoms with Crippen molar-refractivity contribution in [1.82, 2.24) is 0 Å². The van der Waals surface area contributed by atoms with Crippen molar-refractivity contribution < 1.29 is 4.79 Å². The van der Waals surface area contributed by atoms with E-state index in [0.29, 0.717) is 12.3 Å². The smallest absolute Gasteiger partial charge is 0.155 e. The van der Waals surface area contributed by atoms with E-state index in [0.717, 1.165) is 19.3 Å². The molecule has 70 valence electrons. The number of allylic oxidation sites excluding steroid dienone is 2. The van der Waals surface area contributed by atoms with Gasteiger partial charge in [0.15, 0.2) is 5.78 Å². The van der Waals surface area contributed by atoms with Crippen molar-refractivity contribution in [2.45, 2.75) is 46.5 Å². The second kappa shape index (κ2) is 7.08. The fraction of sp³-hybridized carbons (Fsp3) is 0.727. The van der Waals surface area contributed by atoms with Gasteiger partial charge in [0.1, 0.15) is 0 Å². The zero-order chi connectivity index (χ0) is 9.40. The number of hydrogen-bond acceptors (Lipinski definition) is 1. The standard InChI is InChI=1S/C11H20O/c1-4-5-8-11(12)9-6-7-10(2)3/h5,8,10H,4,6-7,9H2,1-3H3/b8-5-. The fourth-order valence-electron chi connectivity index (χ4n) is 1.02. The first-order valence-electron chi connectivity index (χ1n) is 4.86. The van der Waals surface area contributed by atoms with Crippen molar-refractivity contribution >= 4 is 5.78 Å². The minimum atomic E-state index is 0.275. The Balaban J connectivity index is 3.38. The van der Waals surface area contributed by atoms with E-state index in [1.165, 1.54) is 0 Å². The van der Waals surface area contributed by atoms with E-state index in [4.69, 9.17) is 0 Å². The second-order valence-electron chi connectivity index (χ2n) is 3.56. The lowest BCUT2D eigenvalue weighted by molar-refractivity contribution is -0.114. The summed E-state index contributed by atoms with van der Waals surface area (Å²) in [6, 6.07) is 0. The maximum absolute atomic E-state index is 11.1. The molecule has 0 heterocycles. The Labute approximate surface area is 75.9 Å². The molecule has 0 atom stereocenters. The van der Waals surface area contributed by atoms with Crippen molar-refractivity contribution in [3.63, 3.8) is 0 Å². The number of carbonyl (C=O) groups excluding carboxylic acids is 1. The van der Waals surface area contributed by atoms with Gasteiger partial charge in [0.25, 0.3) is 0 Å². The molecule has 0 amide bonds. The molecule has 0 rings (SSSR count). The van der Waals surface area contributed by atoms with E-state index < -0.39 is 0 Å². The Kier molecular flexibility index (Phi) is 6.73. The van der Waals surface area contributed by atoms with Crippen LogP contribution >= 0.6 is 0 Å². The molecular formula is C11H20O. The van der Waals surface area contributed by atoms with Gasteiger partial charge in [-0.3, -0.25) is 4.79 Å². The summed E-state index contributed by atoms with van der Waals surface area (Å²) in [5.74, 6) is 0.991. The Morgan fingerprint density at radius 3 is 2.58 bits per heavy atom. The van der Waals surface area contributed by atoms with E-state index in [-0.39, 0.29) is 5.78 Å². The zero-order valence-corrected chi connectivity index (χ0v) is 8.47. The summed E-state index contributed by atoms with van der Waals surface area (Å²) in [6.07, 6.45) is 7.50. The lowest BCUT2D eigenvalue weighted by Crippen LogP contribution is -1.94. The summed E-state index contributed by atoms with van der Waals surface area (Å²) < 4.78 is 0. The highest BCUT2D eigenvalue weighted by Crippen LogP contribution is 2.06. The third kappa shape index (κ3) is 7.52. The van der Waals surface area contributed by atoms with Crippen molar-refractivity contribution in [2.24, 2.45) is 5.92 Å². The van der Waals surface area contributed by atoms with Crippen LogP contribution in [0.2, 0.25) is 0 Å². The molecule has 0 aromatic rings. The highest BCUT2D eigenvalue weighted by Gasteiger charge is 1.98.